The molecule has 0 aliphatic carbocycles. The number of carbonyl (C=O) groups excluding carboxylic acids is 4. The summed E-state index contributed by atoms with van der Waals surface area (Å²) < 4.78 is 0. The topological polar surface area (TPSA) is 111 Å². The van der Waals surface area contributed by atoms with Crippen LogP contribution < -0.4 is 10.6 Å². The summed E-state index contributed by atoms with van der Waals surface area (Å²) >= 11 is 0. The fourth-order valence-corrected chi connectivity index (χ4v) is 4.87. The lowest BCUT2D eigenvalue weighted by atomic mass is 9.96. The molecule has 0 bridgehead atoms. The highest BCUT2D eigenvalue weighted by atomic mass is 16.2. The monoisotopic (exact) mass is 516 g/mol. The van der Waals surface area contributed by atoms with Crippen molar-refractivity contribution in [2.45, 2.75) is 58.0 Å². The number of aromatic amines is 1. The van der Waals surface area contributed by atoms with Crippen molar-refractivity contribution in [3.8, 4) is 0 Å². The molecule has 1 aliphatic rings. The molecular formula is C30H36N4O4. The minimum atomic E-state index is -0.950. The SMILES string of the molecule is C[C@H](CC(=O)[C@H](CC(=O)N1CCCC1)NC(=O)CCc1ccccc1)C(=O)NCc1cccc2cc[nH]c12. The number of hydrogen-bond acceptors (Lipinski definition) is 4. The first-order chi connectivity index (χ1) is 18.4. The number of aryl methyl sites for hydroxylation is 1. The summed E-state index contributed by atoms with van der Waals surface area (Å²) in [5.74, 6) is -1.57. The zero-order valence-electron chi connectivity index (χ0n) is 21.9. The Labute approximate surface area is 223 Å². The van der Waals surface area contributed by atoms with Gasteiger partial charge in [-0.3, -0.25) is 19.2 Å². The number of aromatic nitrogens is 1. The van der Waals surface area contributed by atoms with Gasteiger partial charge in [0.05, 0.1) is 18.0 Å². The van der Waals surface area contributed by atoms with Crippen LogP contribution in [0.3, 0.4) is 0 Å². The van der Waals surface area contributed by atoms with Crippen LogP contribution in [0.5, 0.6) is 0 Å². The molecule has 2 atom stereocenters. The van der Waals surface area contributed by atoms with E-state index in [4.69, 9.17) is 0 Å². The summed E-state index contributed by atoms with van der Waals surface area (Å²) in [6, 6.07) is 16.5. The molecule has 3 aromatic rings. The highest BCUT2D eigenvalue weighted by Crippen LogP contribution is 2.17. The number of fused-ring (bicyclic) bond motifs is 1. The van der Waals surface area contributed by atoms with Crippen LogP contribution >= 0.6 is 0 Å². The van der Waals surface area contributed by atoms with Crippen LogP contribution in [0.15, 0.2) is 60.8 Å². The van der Waals surface area contributed by atoms with Crippen LogP contribution in [0.2, 0.25) is 0 Å². The summed E-state index contributed by atoms with van der Waals surface area (Å²) in [6.07, 6.45) is 4.36. The second-order valence-corrected chi connectivity index (χ2v) is 10.0. The molecule has 8 nitrogen and oxygen atoms in total. The minimum Gasteiger partial charge on any atom is -0.361 e. The van der Waals surface area contributed by atoms with Crippen molar-refractivity contribution in [3.63, 3.8) is 0 Å². The maximum absolute atomic E-state index is 13.3. The number of hydrogen-bond donors (Lipinski definition) is 3. The maximum atomic E-state index is 13.3. The second-order valence-electron chi connectivity index (χ2n) is 10.0. The van der Waals surface area contributed by atoms with E-state index in [0.717, 1.165) is 34.9 Å². The van der Waals surface area contributed by atoms with Crippen LogP contribution in [0.4, 0.5) is 0 Å². The quantitative estimate of drug-likeness (QED) is 0.342. The van der Waals surface area contributed by atoms with E-state index < -0.39 is 12.0 Å². The molecule has 1 aromatic heterocycles. The number of likely N-dealkylation sites (tertiary alicyclic amines) is 1. The van der Waals surface area contributed by atoms with E-state index in [2.05, 4.69) is 15.6 Å². The molecule has 0 spiro atoms. The number of benzene rings is 2. The van der Waals surface area contributed by atoms with Gasteiger partial charge in [0, 0.05) is 44.6 Å². The van der Waals surface area contributed by atoms with Crippen LogP contribution in [-0.2, 0) is 32.1 Å². The van der Waals surface area contributed by atoms with Gasteiger partial charge >= 0.3 is 0 Å². The molecule has 0 unspecified atom stereocenters. The maximum Gasteiger partial charge on any atom is 0.225 e. The molecule has 1 aliphatic heterocycles. The average molecular weight is 517 g/mol. The summed E-state index contributed by atoms with van der Waals surface area (Å²) in [5.41, 5.74) is 2.95. The normalized spacial score (nSPS) is 14.7. The van der Waals surface area contributed by atoms with Crippen LogP contribution in [0.1, 0.15) is 50.2 Å². The number of H-pyrrole nitrogens is 1. The van der Waals surface area contributed by atoms with E-state index in [-0.39, 0.29) is 42.8 Å². The Bertz CT molecular complexity index is 1260. The molecule has 0 saturated carbocycles. The number of ketones is 1. The van der Waals surface area contributed by atoms with E-state index in [9.17, 15) is 19.2 Å². The first-order valence-corrected chi connectivity index (χ1v) is 13.4. The van der Waals surface area contributed by atoms with E-state index in [1.54, 1.807) is 11.8 Å². The lowest BCUT2D eigenvalue weighted by Gasteiger charge is -2.22. The molecule has 1 fully saturated rings. The van der Waals surface area contributed by atoms with Gasteiger partial charge in [0.25, 0.3) is 0 Å². The molecule has 4 rings (SSSR count). The lowest BCUT2D eigenvalue weighted by molar-refractivity contribution is -0.135. The molecule has 8 heteroatoms. The van der Waals surface area contributed by atoms with E-state index in [1.165, 1.54) is 0 Å². The molecule has 2 heterocycles. The van der Waals surface area contributed by atoms with Crippen LogP contribution in [0, 0.1) is 5.92 Å². The molecule has 1 saturated heterocycles. The summed E-state index contributed by atoms with van der Waals surface area (Å²) in [4.78, 5) is 56.6. The van der Waals surface area contributed by atoms with Gasteiger partial charge in [-0.2, -0.15) is 0 Å². The average Bonchev–Trinajstić information content (AvgIpc) is 3.63. The predicted octanol–water partition coefficient (Wildman–Crippen LogP) is 3.51. The van der Waals surface area contributed by atoms with Gasteiger partial charge in [0.15, 0.2) is 5.78 Å². The van der Waals surface area contributed by atoms with Crippen molar-refractivity contribution < 1.29 is 19.2 Å². The fourth-order valence-electron chi connectivity index (χ4n) is 4.87. The standard InChI is InChI=1S/C30H36N4O4/c1-21(30(38)32-20-24-11-7-10-23-14-15-31-29(23)24)18-26(35)25(19-28(37)34-16-5-6-17-34)33-27(36)13-12-22-8-3-2-4-9-22/h2-4,7-11,14-15,21,25,31H,5-6,12-13,16-20H2,1H3,(H,32,38)(H,33,36)/t21-,25+/m1/s1. The third kappa shape index (κ3) is 7.31. The zero-order chi connectivity index (χ0) is 26.9. The summed E-state index contributed by atoms with van der Waals surface area (Å²) in [6.45, 7) is 3.38. The highest BCUT2D eigenvalue weighted by molar-refractivity contribution is 5.95. The molecule has 38 heavy (non-hydrogen) atoms. The number of rotatable bonds is 12. The zero-order valence-corrected chi connectivity index (χ0v) is 21.9. The van der Waals surface area contributed by atoms with Gasteiger partial charge < -0.3 is 20.5 Å². The van der Waals surface area contributed by atoms with Gasteiger partial charge in [-0.25, -0.2) is 0 Å². The van der Waals surface area contributed by atoms with Crippen molar-refractivity contribution in [1.29, 1.82) is 0 Å². The van der Waals surface area contributed by atoms with Crippen LogP contribution in [-0.4, -0.2) is 52.5 Å². The number of nitrogens with zero attached hydrogens (tertiary/aromatic N) is 1. The number of Topliss-reactive ketones (excluding diaryl/α,β-unsaturated/α-hetero) is 1. The molecule has 0 radical (unpaired) electrons. The largest absolute Gasteiger partial charge is 0.361 e. The Balaban J connectivity index is 1.34. The van der Waals surface area contributed by atoms with Gasteiger partial charge in [0.2, 0.25) is 17.7 Å². The van der Waals surface area contributed by atoms with E-state index in [0.29, 0.717) is 26.1 Å². The third-order valence-corrected chi connectivity index (χ3v) is 7.13. The predicted molar refractivity (Wildman–Crippen MR) is 146 cm³/mol. The van der Waals surface area contributed by atoms with Crippen LogP contribution in [0.25, 0.3) is 10.9 Å². The first-order valence-electron chi connectivity index (χ1n) is 13.4. The van der Waals surface area contributed by atoms with Crippen molar-refractivity contribution in [1.82, 2.24) is 20.5 Å². The number of nitrogens with one attached hydrogen (secondary N) is 3. The number of amides is 3. The van der Waals surface area contributed by atoms with Gasteiger partial charge in [-0.1, -0.05) is 55.5 Å². The minimum absolute atomic E-state index is 0.0601. The Kier molecular flexibility index (Phi) is 9.30. The Morgan fingerprint density at radius 2 is 1.71 bits per heavy atom. The van der Waals surface area contributed by atoms with E-state index in [1.807, 2.05) is 60.8 Å². The molecule has 200 valence electrons. The Morgan fingerprint density at radius 3 is 2.47 bits per heavy atom. The Morgan fingerprint density at radius 1 is 0.947 bits per heavy atom. The smallest absolute Gasteiger partial charge is 0.225 e. The van der Waals surface area contributed by atoms with Crippen molar-refractivity contribution in [2.75, 3.05) is 13.1 Å². The fraction of sp³-hybridized carbons (Fsp3) is 0.400. The van der Waals surface area contributed by atoms with Crippen molar-refractivity contribution in [3.05, 3.63) is 71.9 Å². The second kappa shape index (κ2) is 13.0. The lowest BCUT2D eigenvalue weighted by Crippen LogP contribution is -2.45. The van der Waals surface area contributed by atoms with Gasteiger partial charge in [-0.05, 0) is 41.8 Å². The third-order valence-electron chi connectivity index (χ3n) is 7.13. The Hall–Kier alpha value is -3.94. The molecule has 3 amide bonds. The molecule has 3 N–H and O–H groups in total. The van der Waals surface area contributed by atoms with Gasteiger partial charge in [0.1, 0.15) is 0 Å². The van der Waals surface area contributed by atoms with E-state index >= 15 is 0 Å². The highest BCUT2D eigenvalue weighted by Gasteiger charge is 2.29. The van der Waals surface area contributed by atoms with Crippen molar-refractivity contribution in [2.24, 2.45) is 5.92 Å². The summed E-state index contributed by atoms with van der Waals surface area (Å²) in [7, 11) is 0. The number of carbonyl (C=O) groups is 4. The number of para-hydroxylation sites is 1. The summed E-state index contributed by atoms with van der Waals surface area (Å²) in [5, 5.41) is 6.77. The van der Waals surface area contributed by atoms with Crippen molar-refractivity contribution >= 4 is 34.4 Å². The first kappa shape index (κ1) is 27.1. The van der Waals surface area contributed by atoms with Gasteiger partial charge in [-0.15, -0.1) is 0 Å². The molecule has 2 aromatic carbocycles. The molecular weight excluding hydrogens is 480 g/mol.